The molecule has 0 unspecified atom stereocenters. The fourth-order valence-electron chi connectivity index (χ4n) is 3.18. The molecule has 8 nitrogen and oxygen atoms in total. The molecule has 4 rings (SSSR count). The molecule has 3 aromatic heterocycles. The van der Waals surface area contributed by atoms with Crippen molar-refractivity contribution in [3.63, 3.8) is 0 Å². The minimum atomic E-state index is -0.0675. The molecule has 3 aromatic rings. The van der Waals surface area contributed by atoms with Crippen LogP contribution in [-0.4, -0.2) is 43.8 Å². The monoisotopic (exact) mass is 372 g/mol. The van der Waals surface area contributed by atoms with Gasteiger partial charge in [0.2, 0.25) is 5.89 Å². The van der Waals surface area contributed by atoms with Crippen molar-refractivity contribution in [2.45, 2.75) is 25.3 Å². The molecule has 1 aliphatic heterocycles. The van der Waals surface area contributed by atoms with E-state index in [-0.39, 0.29) is 6.03 Å². The summed E-state index contributed by atoms with van der Waals surface area (Å²) in [7, 11) is 1.96. The molecular weight excluding hydrogens is 352 g/mol. The molecule has 0 radical (unpaired) electrons. The van der Waals surface area contributed by atoms with Crippen LogP contribution in [0.3, 0.4) is 0 Å². The first-order chi connectivity index (χ1) is 12.7. The number of rotatable bonds is 4. The standard InChI is InChI=1S/C17H20N6O2S/c1-22-11-19-21-15(22)12-4-6-23(7-5-12)17(24)18-9-13-10-25-16(20-13)14-3-2-8-26-14/h2-3,8,10-12H,4-7,9H2,1H3,(H,18,24). The minimum absolute atomic E-state index is 0.0675. The largest absolute Gasteiger partial charge is 0.443 e. The van der Waals surface area contributed by atoms with Gasteiger partial charge in [-0.25, -0.2) is 9.78 Å². The van der Waals surface area contributed by atoms with E-state index in [4.69, 9.17) is 4.42 Å². The smallest absolute Gasteiger partial charge is 0.317 e. The van der Waals surface area contributed by atoms with Gasteiger partial charge in [0.05, 0.1) is 17.1 Å². The van der Waals surface area contributed by atoms with Crippen molar-refractivity contribution >= 4 is 17.4 Å². The van der Waals surface area contributed by atoms with Crippen molar-refractivity contribution in [2.24, 2.45) is 7.05 Å². The number of thiophene rings is 1. The zero-order chi connectivity index (χ0) is 17.9. The molecule has 0 saturated carbocycles. The van der Waals surface area contributed by atoms with Crippen LogP contribution in [0.2, 0.25) is 0 Å². The Hall–Kier alpha value is -2.68. The van der Waals surface area contributed by atoms with Crippen molar-refractivity contribution in [1.82, 2.24) is 30.0 Å². The second-order valence-electron chi connectivity index (χ2n) is 6.34. The summed E-state index contributed by atoms with van der Waals surface area (Å²) < 4.78 is 7.43. The lowest BCUT2D eigenvalue weighted by Gasteiger charge is -2.31. The average Bonchev–Trinajstić information content (AvgIpc) is 3.41. The van der Waals surface area contributed by atoms with Crippen LogP contribution in [0.15, 0.2) is 34.5 Å². The van der Waals surface area contributed by atoms with Crippen LogP contribution in [0, 0.1) is 0 Å². The maximum Gasteiger partial charge on any atom is 0.317 e. The van der Waals surface area contributed by atoms with Gasteiger partial charge in [-0.15, -0.1) is 21.5 Å². The molecule has 136 valence electrons. The van der Waals surface area contributed by atoms with E-state index in [0.717, 1.165) is 29.2 Å². The molecule has 4 heterocycles. The average molecular weight is 372 g/mol. The van der Waals surface area contributed by atoms with Gasteiger partial charge in [0.15, 0.2) is 0 Å². The summed E-state index contributed by atoms with van der Waals surface area (Å²) in [6, 6.07) is 3.85. The lowest BCUT2D eigenvalue weighted by atomic mass is 9.96. The van der Waals surface area contributed by atoms with Crippen molar-refractivity contribution in [1.29, 1.82) is 0 Å². The Balaban J connectivity index is 1.27. The molecule has 9 heteroatoms. The fourth-order valence-corrected chi connectivity index (χ4v) is 3.84. The van der Waals surface area contributed by atoms with Crippen molar-refractivity contribution < 1.29 is 9.21 Å². The number of amides is 2. The maximum absolute atomic E-state index is 12.4. The Morgan fingerprint density at radius 3 is 2.96 bits per heavy atom. The van der Waals surface area contributed by atoms with Crippen LogP contribution in [0.5, 0.6) is 0 Å². The van der Waals surface area contributed by atoms with E-state index in [1.54, 1.807) is 23.9 Å². The molecule has 1 aliphatic rings. The van der Waals surface area contributed by atoms with Crippen molar-refractivity contribution in [3.05, 3.63) is 41.6 Å². The van der Waals surface area contributed by atoms with Gasteiger partial charge in [0.1, 0.15) is 18.4 Å². The van der Waals surface area contributed by atoms with E-state index in [1.165, 1.54) is 0 Å². The Bertz CT molecular complexity index is 864. The number of carbonyl (C=O) groups is 1. The highest BCUT2D eigenvalue weighted by molar-refractivity contribution is 7.13. The lowest BCUT2D eigenvalue weighted by molar-refractivity contribution is 0.179. The third-order valence-electron chi connectivity index (χ3n) is 4.60. The summed E-state index contributed by atoms with van der Waals surface area (Å²) in [5.41, 5.74) is 0.718. The van der Waals surface area contributed by atoms with E-state index in [1.807, 2.05) is 34.0 Å². The molecule has 1 fully saturated rings. The minimum Gasteiger partial charge on any atom is -0.443 e. The summed E-state index contributed by atoms with van der Waals surface area (Å²) in [4.78, 5) is 19.6. The van der Waals surface area contributed by atoms with Gasteiger partial charge in [0.25, 0.3) is 0 Å². The Morgan fingerprint density at radius 1 is 1.42 bits per heavy atom. The Labute approximate surface area is 154 Å². The van der Waals surface area contributed by atoms with Crippen LogP contribution in [0.1, 0.15) is 30.3 Å². The number of nitrogens with zero attached hydrogens (tertiary/aromatic N) is 5. The number of likely N-dealkylation sites (tertiary alicyclic amines) is 1. The summed E-state index contributed by atoms with van der Waals surface area (Å²) >= 11 is 1.57. The second-order valence-corrected chi connectivity index (χ2v) is 7.29. The van der Waals surface area contributed by atoms with Gasteiger partial charge >= 0.3 is 6.03 Å². The number of oxazole rings is 1. The first-order valence-corrected chi connectivity index (χ1v) is 9.43. The molecule has 26 heavy (non-hydrogen) atoms. The zero-order valence-corrected chi connectivity index (χ0v) is 15.3. The maximum atomic E-state index is 12.4. The van der Waals surface area contributed by atoms with Crippen molar-refractivity contribution in [2.75, 3.05) is 13.1 Å². The van der Waals surface area contributed by atoms with Gasteiger partial charge in [-0.1, -0.05) is 6.07 Å². The zero-order valence-electron chi connectivity index (χ0n) is 14.5. The van der Waals surface area contributed by atoms with E-state index >= 15 is 0 Å². The molecular formula is C17H20N6O2S. The summed E-state index contributed by atoms with van der Waals surface area (Å²) in [6.07, 6.45) is 5.10. The number of piperidine rings is 1. The Kier molecular flexibility index (Phi) is 4.70. The summed E-state index contributed by atoms with van der Waals surface area (Å²) in [6.45, 7) is 1.78. The highest BCUT2D eigenvalue weighted by Crippen LogP contribution is 2.26. The van der Waals surface area contributed by atoms with E-state index in [9.17, 15) is 4.79 Å². The molecule has 1 N–H and O–H groups in total. The number of hydrogen-bond acceptors (Lipinski definition) is 6. The number of nitrogens with one attached hydrogen (secondary N) is 1. The number of urea groups is 1. The predicted molar refractivity (Wildman–Crippen MR) is 96.6 cm³/mol. The second kappa shape index (κ2) is 7.28. The Morgan fingerprint density at radius 2 is 2.27 bits per heavy atom. The van der Waals surface area contributed by atoms with Gasteiger partial charge in [0, 0.05) is 26.1 Å². The molecule has 1 saturated heterocycles. The van der Waals surface area contributed by atoms with Crippen LogP contribution in [0.25, 0.3) is 10.8 Å². The van der Waals surface area contributed by atoms with Crippen LogP contribution < -0.4 is 5.32 Å². The van der Waals surface area contributed by atoms with Crippen LogP contribution in [-0.2, 0) is 13.6 Å². The van der Waals surface area contributed by atoms with Gasteiger partial charge in [-0.05, 0) is 24.3 Å². The molecule has 0 aliphatic carbocycles. The first-order valence-electron chi connectivity index (χ1n) is 8.55. The van der Waals surface area contributed by atoms with Crippen LogP contribution in [0.4, 0.5) is 4.79 Å². The normalized spacial score (nSPS) is 15.3. The summed E-state index contributed by atoms with van der Waals surface area (Å²) in [5, 5.41) is 13.0. The molecule has 0 bridgehead atoms. The third kappa shape index (κ3) is 3.48. The first kappa shape index (κ1) is 16.8. The number of hydrogen-bond donors (Lipinski definition) is 1. The van der Waals surface area contributed by atoms with E-state index in [0.29, 0.717) is 31.4 Å². The SMILES string of the molecule is Cn1cnnc1C1CCN(C(=O)NCc2coc(-c3cccs3)n2)CC1. The predicted octanol–water partition coefficient (Wildman–Crippen LogP) is 2.62. The number of aromatic nitrogens is 4. The van der Waals surface area contributed by atoms with Gasteiger partial charge < -0.3 is 19.2 Å². The molecule has 0 aromatic carbocycles. The van der Waals surface area contributed by atoms with E-state index < -0.39 is 0 Å². The van der Waals surface area contributed by atoms with Crippen molar-refractivity contribution in [3.8, 4) is 10.8 Å². The molecule has 0 spiro atoms. The summed E-state index contributed by atoms with van der Waals surface area (Å²) in [5.74, 6) is 1.94. The number of carbonyl (C=O) groups excluding carboxylic acids is 1. The van der Waals surface area contributed by atoms with E-state index in [2.05, 4.69) is 20.5 Å². The third-order valence-corrected chi connectivity index (χ3v) is 5.46. The molecule has 2 amide bonds. The van der Waals surface area contributed by atoms with Crippen LogP contribution >= 0.6 is 11.3 Å². The van der Waals surface area contributed by atoms with Gasteiger partial charge in [-0.2, -0.15) is 0 Å². The highest BCUT2D eigenvalue weighted by Gasteiger charge is 2.26. The topological polar surface area (TPSA) is 89.1 Å². The number of aryl methyl sites for hydroxylation is 1. The fraction of sp³-hybridized carbons (Fsp3) is 0.412. The van der Waals surface area contributed by atoms with Gasteiger partial charge in [-0.3, -0.25) is 0 Å². The quantitative estimate of drug-likeness (QED) is 0.760. The lowest BCUT2D eigenvalue weighted by Crippen LogP contribution is -2.44. The molecule has 0 atom stereocenters. The highest BCUT2D eigenvalue weighted by atomic mass is 32.1.